The quantitative estimate of drug-likeness (QED) is 0.409. The maximum atomic E-state index is 3.22. The summed E-state index contributed by atoms with van der Waals surface area (Å²) < 4.78 is 0. The van der Waals surface area contributed by atoms with E-state index < -0.39 is 0 Å². The first-order valence-corrected chi connectivity index (χ1v) is 1.79. The van der Waals surface area contributed by atoms with Crippen molar-refractivity contribution in [3.05, 3.63) is 4.93 Å². The van der Waals surface area contributed by atoms with E-state index in [4.69, 9.17) is 0 Å². The van der Waals surface area contributed by atoms with Gasteiger partial charge >= 0.3 is 0 Å². The molecule has 0 nitrogen and oxygen atoms in total. The summed E-state index contributed by atoms with van der Waals surface area (Å²) in [5, 5.41) is 0. The minimum atomic E-state index is 0. The smallest absolute Gasteiger partial charge is 0.00852 e. The fourth-order valence-corrected chi connectivity index (χ4v) is 0. The van der Waals surface area contributed by atoms with Crippen molar-refractivity contribution in [3.63, 3.8) is 0 Å². The van der Waals surface area contributed by atoms with Gasteiger partial charge in [0, 0.05) is 45.3 Å². The molecule has 0 fully saturated rings. The van der Waals surface area contributed by atoms with Gasteiger partial charge in [-0.2, -0.15) is 0 Å². The third-order valence-electron chi connectivity index (χ3n) is 0. The van der Waals surface area contributed by atoms with Gasteiger partial charge in [-0.05, 0) is 0 Å². The number of hydrogen-bond acceptors (Lipinski definition) is 0. The summed E-state index contributed by atoms with van der Waals surface area (Å²) in [5.41, 5.74) is 0. The summed E-state index contributed by atoms with van der Waals surface area (Å²) in [6.07, 6.45) is 0. The van der Waals surface area contributed by atoms with Crippen LogP contribution in [0.3, 0.4) is 0 Å². The molecule has 0 spiro atoms. The van der Waals surface area contributed by atoms with Gasteiger partial charge in [-0.3, -0.25) is 0 Å². The largest absolute Gasteiger partial charge is 1.00 e. The van der Waals surface area contributed by atoms with Crippen LogP contribution in [0.15, 0.2) is 0 Å². The molecule has 0 saturated heterocycles. The second-order valence-corrected chi connectivity index (χ2v) is 0. The van der Waals surface area contributed by atoms with E-state index >= 15 is 0 Å². The Labute approximate surface area is 89.8 Å². The molecule has 0 aliphatic rings. The van der Waals surface area contributed by atoms with E-state index in [1.165, 1.54) is 0 Å². The molecule has 0 aliphatic carbocycles. The van der Waals surface area contributed by atoms with Crippen molar-refractivity contribution < 1.29 is 64.4 Å². The maximum Gasteiger partial charge on any atom is 0.00852 e. The predicted molar refractivity (Wildman–Crippen MR) is 19.4 cm³/mol. The van der Waals surface area contributed by atoms with Crippen LogP contribution in [0.2, 0.25) is 0 Å². The van der Waals surface area contributed by atoms with Crippen LogP contribution < -0.4 is 24.0 Å². The Hall–Kier alpha value is 2.80. The summed E-state index contributed by atoms with van der Waals surface area (Å²) >= 11 is 1.90. The molecular formula is CH2I2Sm-. The van der Waals surface area contributed by atoms with Gasteiger partial charge in [-0.25, -0.2) is 0 Å². The Morgan fingerprint density at radius 1 is 1.25 bits per heavy atom. The second kappa shape index (κ2) is 17.0. The molecule has 0 aromatic carbocycles. The fraction of sp³-hybridized carbons (Fsp3) is 0. The van der Waals surface area contributed by atoms with Crippen molar-refractivity contribution in [2.45, 2.75) is 0 Å². The summed E-state index contributed by atoms with van der Waals surface area (Å²) in [7, 11) is 0. The van der Waals surface area contributed by atoms with E-state index in [2.05, 4.69) is 4.93 Å². The summed E-state index contributed by atoms with van der Waals surface area (Å²) in [4.78, 5) is 3.22. The molecular weight excluding hydrogens is 416 g/mol. The Morgan fingerprint density at radius 3 is 1.25 bits per heavy atom. The molecule has 4 heavy (non-hydrogen) atoms. The van der Waals surface area contributed by atoms with Crippen LogP contribution in [0.4, 0.5) is 0 Å². The zero-order chi connectivity index (χ0) is 2.00. The van der Waals surface area contributed by atoms with Gasteiger partial charge in [-0.1, -0.05) is 22.6 Å². The number of hydrogen-bond donors (Lipinski definition) is 0. The van der Waals surface area contributed by atoms with Crippen molar-refractivity contribution >= 4 is 22.6 Å². The van der Waals surface area contributed by atoms with Crippen LogP contribution in [-0.4, -0.2) is 0 Å². The van der Waals surface area contributed by atoms with E-state index in [0.717, 1.165) is 0 Å². The molecule has 0 aliphatic heterocycles. The van der Waals surface area contributed by atoms with Crippen molar-refractivity contribution in [1.29, 1.82) is 0 Å². The van der Waals surface area contributed by atoms with Crippen LogP contribution in [-0.2, 0) is 0 Å². The monoisotopic (exact) mass is 420 g/mol. The Bertz CT molecular complexity index is 6.00. The molecule has 1 radical (unpaired) electrons. The van der Waals surface area contributed by atoms with E-state index in [-0.39, 0.29) is 64.4 Å². The molecule has 0 saturated carbocycles. The molecule has 0 atom stereocenters. The minimum Gasteiger partial charge on any atom is -1.00 e. The van der Waals surface area contributed by atoms with Gasteiger partial charge in [-0.15, -0.1) is 0 Å². The van der Waals surface area contributed by atoms with Gasteiger partial charge < -0.3 is 24.0 Å². The molecule has 0 aromatic heterocycles. The van der Waals surface area contributed by atoms with Crippen molar-refractivity contribution in [3.8, 4) is 0 Å². The Kier molecular flexibility index (Phi) is 67.5. The fourth-order valence-electron chi connectivity index (χ4n) is 0. The van der Waals surface area contributed by atoms with Gasteiger partial charge in [0.05, 0.1) is 0 Å². The van der Waals surface area contributed by atoms with Crippen LogP contribution >= 0.6 is 22.6 Å². The standard InChI is InChI=1S/CH2I.HI.Sm/c1-2;;/h1H2;1H;/p-1. The molecule has 0 bridgehead atoms. The average Bonchev–Trinajstić information content (AvgIpc) is 1.00. The van der Waals surface area contributed by atoms with E-state index in [9.17, 15) is 0 Å². The van der Waals surface area contributed by atoms with Crippen molar-refractivity contribution in [1.82, 2.24) is 0 Å². The van der Waals surface area contributed by atoms with Crippen LogP contribution in [0, 0.1) is 45.3 Å². The molecule has 0 unspecified atom stereocenters. The average molecular weight is 418 g/mol. The SMILES string of the molecule is [CH2]I.[I-].[Sm]. The maximum absolute atomic E-state index is 3.22. The van der Waals surface area contributed by atoms with Crippen molar-refractivity contribution in [2.75, 3.05) is 0 Å². The van der Waals surface area contributed by atoms with Gasteiger partial charge in [0.1, 0.15) is 0 Å². The third-order valence-corrected chi connectivity index (χ3v) is 0. The zero-order valence-corrected chi connectivity index (χ0v) is 8.81. The molecule has 0 amide bonds. The molecule has 0 heterocycles. The van der Waals surface area contributed by atoms with Crippen LogP contribution in [0.1, 0.15) is 0 Å². The van der Waals surface area contributed by atoms with Crippen LogP contribution in [0.5, 0.6) is 0 Å². The van der Waals surface area contributed by atoms with Gasteiger partial charge in [0.25, 0.3) is 0 Å². The molecule has 3 heteroatoms. The summed E-state index contributed by atoms with van der Waals surface area (Å²) in [6.45, 7) is 0. The molecule has 0 N–H and O–H groups in total. The summed E-state index contributed by atoms with van der Waals surface area (Å²) in [6, 6.07) is 0. The molecule has 0 aromatic rings. The molecule has 0 rings (SSSR count). The normalized spacial score (nSPS) is 1.50. The van der Waals surface area contributed by atoms with Gasteiger partial charge in [0.2, 0.25) is 0 Å². The minimum absolute atomic E-state index is 0. The van der Waals surface area contributed by atoms with Crippen LogP contribution in [0.25, 0.3) is 0 Å². The molecule has 27 valence electrons. The first-order chi connectivity index (χ1) is 1.00. The topological polar surface area (TPSA) is 0 Å². The van der Waals surface area contributed by atoms with E-state index in [1.54, 1.807) is 0 Å². The Balaban J connectivity index is -0.00000000500. The van der Waals surface area contributed by atoms with E-state index in [1.807, 2.05) is 22.6 Å². The number of rotatable bonds is 0. The Morgan fingerprint density at radius 2 is 1.25 bits per heavy atom. The third kappa shape index (κ3) is 8.84. The predicted octanol–water partition coefficient (Wildman–Crippen LogP) is -1.78. The van der Waals surface area contributed by atoms with Crippen molar-refractivity contribution in [2.24, 2.45) is 0 Å². The first kappa shape index (κ1) is 15.8. The second-order valence-electron chi connectivity index (χ2n) is 0. The zero-order valence-electron chi connectivity index (χ0n) is 1.87. The summed E-state index contributed by atoms with van der Waals surface area (Å²) in [5.74, 6) is 0. The first-order valence-electron chi connectivity index (χ1n) is 0.267. The van der Waals surface area contributed by atoms with Gasteiger partial charge in [0.15, 0.2) is 0 Å². The number of halogens is 2. The van der Waals surface area contributed by atoms with E-state index in [0.29, 0.717) is 0 Å².